The summed E-state index contributed by atoms with van der Waals surface area (Å²) < 4.78 is 0. The van der Waals surface area contributed by atoms with Crippen LogP contribution in [0.15, 0.2) is 23.1 Å². The summed E-state index contributed by atoms with van der Waals surface area (Å²) in [6, 6.07) is 6.14. The first kappa shape index (κ1) is 13.9. The van der Waals surface area contributed by atoms with Crippen LogP contribution in [0.3, 0.4) is 0 Å². The zero-order valence-corrected chi connectivity index (χ0v) is 11.8. The summed E-state index contributed by atoms with van der Waals surface area (Å²) in [5.74, 6) is 1.92. The summed E-state index contributed by atoms with van der Waals surface area (Å²) in [4.78, 5) is 1.31. The molecule has 0 bridgehead atoms. The molecule has 0 saturated carbocycles. The van der Waals surface area contributed by atoms with Gasteiger partial charge in [-0.3, -0.25) is 0 Å². The van der Waals surface area contributed by atoms with Gasteiger partial charge in [0.15, 0.2) is 0 Å². The zero-order valence-electron chi connectivity index (χ0n) is 10.2. The topological polar surface area (TPSA) is 12.0 Å². The van der Waals surface area contributed by atoms with Gasteiger partial charge in [0.2, 0.25) is 0 Å². The van der Waals surface area contributed by atoms with E-state index in [0.717, 1.165) is 23.2 Å². The second-order valence-corrected chi connectivity index (χ2v) is 5.82. The van der Waals surface area contributed by atoms with Crippen molar-refractivity contribution in [1.82, 2.24) is 5.32 Å². The molecule has 1 aromatic rings. The van der Waals surface area contributed by atoms with E-state index in [1.54, 1.807) is 0 Å². The van der Waals surface area contributed by atoms with Crippen molar-refractivity contribution in [2.45, 2.75) is 31.7 Å². The maximum atomic E-state index is 6.20. The molecule has 0 aromatic heterocycles. The molecule has 0 amide bonds. The molecular weight excluding hydrogens is 238 g/mol. The standard InChI is InChI=1S/C13H20ClNS/c1-10(2)7-8-16-13-6-4-5-12(14)11(13)9-15-3/h4-6,10,15H,7-9H2,1-3H3. The highest BCUT2D eigenvalue weighted by Gasteiger charge is 2.06. The number of hydrogen-bond acceptors (Lipinski definition) is 2. The lowest BCUT2D eigenvalue weighted by molar-refractivity contribution is 0.632. The minimum Gasteiger partial charge on any atom is -0.316 e. The van der Waals surface area contributed by atoms with Crippen LogP contribution in [0.2, 0.25) is 5.02 Å². The minimum atomic E-state index is 0.763. The van der Waals surface area contributed by atoms with Crippen LogP contribution in [0.4, 0.5) is 0 Å². The molecule has 0 atom stereocenters. The maximum Gasteiger partial charge on any atom is 0.0462 e. The Morgan fingerprint density at radius 3 is 2.75 bits per heavy atom. The number of hydrogen-bond donors (Lipinski definition) is 1. The van der Waals surface area contributed by atoms with Crippen LogP contribution in [0.25, 0.3) is 0 Å². The molecule has 0 aliphatic heterocycles. The second-order valence-electron chi connectivity index (χ2n) is 4.28. The molecule has 0 radical (unpaired) electrons. The van der Waals surface area contributed by atoms with E-state index in [0.29, 0.717) is 0 Å². The lowest BCUT2D eigenvalue weighted by Crippen LogP contribution is -2.07. The Morgan fingerprint density at radius 2 is 2.12 bits per heavy atom. The monoisotopic (exact) mass is 257 g/mol. The summed E-state index contributed by atoms with van der Waals surface area (Å²) >= 11 is 8.10. The molecule has 0 saturated heterocycles. The van der Waals surface area contributed by atoms with Gasteiger partial charge in [-0.1, -0.05) is 31.5 Å². The van der Waals surface area contributed by atoms with Crippen LogP contribution in [-0.4, -0.2) is 12.8 Å². The zero-order chi connectivity index (χ0) is 12.0. The highest BCUT2D eigenvalue weighted by molar-refractivity contribution is 7.99. The molecule has 1 N–H and O–H groups in total. The fourth-order valence-corrected chi connectivity index (χ4v) is 3.06. The number of rotatable bonds is 6. The van der Waals surface area contributed by atoms with Crippen molar-refractivity contribution in [3.63, 3.8) is 0 Å². The van der Waals surface area contributed by atoms with Gasteiger partial charge in [-0.2, -0.15) is 0 Å². The molecule has 0 spiro atoms. The highest BCUT2D eigenvalue weighted by Crippen LogP contribution is 2.29. The average Bonchev–Trinajstić information content (AvgIpc) is 2.22. The summed E-state index contributed by atoms with van der Waals surface area (Å²) in [6.45, 7) is 5.35. The Morgan fingerprint density at radius 1 is 1.38 bits per heavy atom. The molecule has 0 aliphatic rings. The molecule has 0 unspecified atom stereocenters. The molecule has 3 heteroatoms. The summed E-state index contributed by atoms with van der Waals surface area (Å²) in [5.41, 5.74) is 1.22. The Hall–Kier alpha value is -0.180. The Balaban J connectivity index is 2.66. The summed E-state index contributed by atoms with van der Waals surface area (Å²) in [5, 5.41) is 4.03. The molecule has 1 aromatic carbocycles. The first-order chi connectivity index (χ1) is 7.65. The van der Waals surface area contributed by atoms with Crippen LogP contribution in [0.1, 0.15) is 25.8 Å². The SMILES string of the molecule is CNCc1c(Cl)cccc1SCCC(C)C. The molecule has 0 aliphatic carbocycles. The van der Waals surface area contributed by atoms with Crippen LogP contribution < -0.4 is 5.32 Å². The van der Waals surface area contributed by atoms with E-state index in [1.165, 1.54) is 16.9 Å². The molecule has 0 heterocycles. The fourth-order valence-electron chi connectivity index (χ4n) is 1.43. The van der Waals surface area contributed by atoms with E-state index in [-0.39, 0.29) is 0 Å². The Bertz CT molecular complexity index is 326. The van der Waals surface area contributed by atoms with E-state index >= 15 is 0 Å². The van der Waals surface area contributed by atoms with Crippen molar-refractivity contribution >= 4 is 23.4 Å². The minimum absolute atomic E-state index is 0.763. The average molecular weight is 258 g/mol. The molecule has 0 fully saturated rings. The fraction of sp³-hybridized carbons (Fsp3) is 0.538. The van der Waals surface area contributed by atoms with Crippen molar-refractivity contribution in [2.24, 2.45) is 5.92 Å². The quantitative estimate of drug-likeness (QED) is 0.767. The lowest BCUT2D eigenvalue weighted by Gasteiger charge is -2.11. The van der Waals surface area contributed by atoms with Gasteiger partial charge < -0.3 is 5.32 Å². The van der Waals surface area contributed by atoms with Crippen molar-refractivity contribution < 1.29 is 0 Å². The third-order valence-corrected chi connectivity index (χ3v) is 3.87. The smallest absolute Gasteiger partial charge is 0.0462 e. The van der Waals surface area contributed by atoms with Crippen LogP contribution >= 0.6 is 23.4 Å². The van der Waals surface area contributed by atoms with Gasteiger partial charge in [0.1, 0.15) is 0 Å². The van der Waals surface area contributed by atoms with Gasteiger partial charge in [0.05, 0.1) is 0 Å². The normalized spacial score (nSPS) is 11.1. The predicted octanol–water partition coefficient (Wildman–Crippen LogP) is 4.20. The van der Waals surface area contributed by atoms with E-state index in [2.05, 4.69) is 25.2 Å². The van der Waals surface area contributed by atoms with Crippen molar-refractivity contribution in [1.29, 1.82) is 0 Å². The van der Waals surface area contributed by atoms with Crippen molar-refractivity contribution in [2.75, 3.05) is 12.8 Å². The van der Waals surface area contributed by atoms with E-state index in [4.69, 9.17) is 11.6 Å². The molecule has 1 rings (SSSR count). The van der Waals surface area contributed by atoms with Crippen molar-refractivity contribution in [3.05, 3.63) is 28.8 Å². The van der Waals surface area contributed by atoms with Gasteiger partial charge >= 0.3 is 0 Å². The molecule has 16 heavy (non-hydrogen) atoms. The summed E-state index contributed by atoms with van der Waals surface area (Å²) in [7, 11) is 1.95. The largest absolute Gasteiger partial charge is 0.316 e. The number of halogens is 1. The van der Waals surface area contributed by atoms with Gasteiger partial charge in [-0.15, -0.1) is 11.8 Å². The van der Waals surface area contributed by atoms with Crippen LogP contribution in [0, 0.1) is 5.92 Å². The molecule has 1 nitrogen and oxygen atoms in total. The summed E-state index contributed by atoms with van der Waals surface area (Å²) in [6.07, 6.45) is 1.25. The highest BCUT2D eigenvalue weighted by atomic mass is 35.5. The number of benzene rings is 1. The van der Waals surface area contributed by atoms with Gasteiger partial charge in [0, 0.05) is 16.5 Å². The van der Waals surface area contributed by atoms with Crippen LogP contribution in [0.5, 0.6) is 0 Å². The van der Waals surface area contributed by atoms with E-state index < -0.39 is 0 Å². The van der Waals surface area contributed by atoms with Gasteiger partial charge in [-0.05, 0) is 42.8 Å². The van der Waals surface area contributed by atoms with Gasteiger partial charge in [0.25, 0.3) is 0 Å². The first-order valence-corrected chi connectivity index (χ1v) is 7.06. The van der Waals surface area contributed by atoms with Crippen molar-refractivity contribution in [3.8, 4) is 0 Å². The number of nitrogens with one attached hydrogen (secondary N) is 1. The maximum absolute atomic E-state index is 6.20. The predicted molar refractivity (Wildman–Crippen MR) is 74.4 cm³/mol. The molecular formula is C13H20ClNS. The van der Waals surface area contributed by atoms with Gasteiger partial charge in [-0.25, -0.2) is 0 Å². The van der Waals surface area contributed by atoms with E-state index in [9.17, 15) is 0 Å². The third-order valence-electron chi connectivity index (χ3n) is 2.38. The van der Waals surface area contributed by atoms with Crippen LogP contribution in [-0.2, 0) is 6.54 Å². The Labute approximate surface area is 108 Å². The molecule has 90 valence electrons. The number of thioether (sulfide) groups is 1. The first-order valence-electron chi connectivity index (χ1n) is 5.70. The van der Waals surface area contributed by atoms with E-state index in [1.807, 2.05) is 30.9 Å². The second kappa shape index (κ2) is 7.21. The third kappa shape index (κ3) is 4.36. The Kier molecular flexibility index (Phi) is 6.25. The lowest BCUT2D eigenvalue weighted by atomic mass is 10.2.